The van der Waals surface area contributed by atoms with Crippen LogP contribution < -0.4 is 4.74 Å². The lowest BCUT2D eigenvalue weighted by Gasteiger charge is -2.32. The molecule has 1 atom stereocenters. The maximum atomic E-state index is 14.3. The van der Waals surface area contributed by atoms with Crippen LogP contribution in [-0.2, 0) is 27.9 Å². The summed E-state index contributed by atoms with van der Waals surface area (Å²) in [6, 6.07) is 4.93. The van der Waals surface area contributed by atoms with E-state index in [0.717, 1.165) is 72.2 Å². The van der Waals surface area contributed by atoms with Crippen molar-refractivity contribution in [3.8, 4) is 28.3 Å². The molecule has 0 saturated carbocycles. The van der Waals surface area contributed by atoms with Crippen molar-refractivity contribution >= 4 is 0 Å². The number of aromatic amines is 1. The zero-order valence-electron chi connectivity index (χ0n) is 18.3. The normalized spacial score (nSPS) is 20.3. The molecule has 3 aromatic rings. The molecule has 0 bridgehead atoms. The van der Waals surface area contributed by atoms with Crippen LogP contribution in [0.15, 0.2) is 18.2 Å². The Morgan fingerprint density at radius 1 is 1.16 bits per heavy atom. The number of H-pyrrole nitrogens is 1. The molecule has 1 aliphatic heterocycles. The molecule has 168 valence electrons. The standard InChI is InChI=1S/C23H26FN5O3/c1-30-13-23(10-5-11-32-23)21-20(22-26-28-29-27-22)19(15-6-3-4-7-17(15)25-21)14-8-9-16(24)18(12-14)31-2/h8-9,12H,3-7,10-11,13H2,1-2H3,(H,26,27,28,29). The number of aromatic nitrogens is 5. The lowest BCUT2D eigenvalue weighted by Crippen LogP contribution is -2.33. The second-order valence-corrected chi connectivity index (χ2v) is 8.31. The van der Waals surface area contributed by atoms with Crippen molar-refractivity contribution in [1.29, 1.82) is 0 Å². The van der Waals surface area contributed by atoms with Crippen molar-refractivity contribution in [2.45, 2.75) is 44.1 Å². The number of methoxy groups -OCH3 is 2. The molecule has 1 N–H and O–H groups in total. The molecule has 9 heteroatoms. The summed E-state index contributed by atoms with van der Waals surface area (Å²) >= 11 is 0. The van der Waals surface area contributed by atoms with Crippen LogP contribution in [0.2, 0.25) is 0 Å². The average Bonchev–Trinajstić information content (AvgIpc) is 3.52. The minimum absolute atomic E-state index is 0.188. The van der Waals surface area contributed by atoms with Gasteiger partial charge in [0.25, 0.3) is 0 Å². The second-order valence-electron chi connectivity index (χ2n) is 8.31. The number of ether oxygens (including phenoxy) is 3. The molecule has 1 aromatic carbocycles. The summed E-state index contributed by atoms with van der Waals surface area (Å²) < 4.78 is 31.4. The first-order chi connectivity index (χ1) is 15.7. The van der Waals surface area contributed by atoms with E-state index in [1.807, 2.05) is 0 Å². The predicted octanol–water partition coefficient (Wildman–Crippen LogP) is 3.61. The van der Waals surface area contributed by atoms with Crippen LogP contribution in [0.5, 0.6) is 5.75 Å². The van der Waals surface area contributed by atoms with Crippen molar-refractivity contribution in [3.63, 3.8) is 0 Å². The number of halogens is 1. The van der Waals surface area contributed by atoms with E-state index in [1.54, 1.807) is 19.2 Å². The summed E-state index contributed by atoms with van der Waals surface area (Å²) in [5.74, 6) is 0.217. The van der Waals surface area contributed by atoms with Gasteiger partial charge in [-0.05, 0) is 72.6 Å². The van der Waals surface area contributed by atoms with Crippen LogP contribution in [0.3, 0.4) is 0 Å². The zero-order valence-corrected chi connectivity index (χ0v) is 18.3. The molecule has 1 fully saturated rings. The molecule has 8 nitrogen and oxygen atoms in total. The molecule has 1 unspecified atom stereocenters. The number of fused-ring (bicyclic) bond motifs is 1. The largest absolute Gasteiger partial charge is 0.494 e. The van der Waals surface area contributed by atoms with E-state index < -0.39 is 11.4 Å². The molecule has 0 amide bonds. The number of pyridine rings is 1. The van der Waals surface area contributed by atoms with Gasteiger partial charge in [0.2, 0.25) is 5.82 Å². The quantitative estimate of drug-likeness (QED) is 0.627. The lowest BCUT2D eigenvalue weighted by molar-refractivity contribution is -0.0586. The highest BCUT2D eigenvalue weighted by Gasteiger charge is 2.43. The number of rotatable bonds is 6. The van der Waals surface area contributed by atoms with Crippen LogP contribution in [0, 0.1) is 5.82 Å². The molecule has 1 saturated heterocycles. The zero-order chi connectivity index (χ0) is 22.1. The third-order valence-corrected chi connectivity index (χ3v) is 6.40. The van der Waals surface area contributed by atoms with Gasteiger partial charge in [0, 0.05) is 19.4 Å². The predicted molar refractivity (Wildman–Crippen MR) is 115 cm³/mol. The van der Waals surface area contributed by atoms with Gasteiger partial charge in [-0.3, -0.25) is 4.98 Å². The van der Waals surface area contributed by atoms with E-state index in [4.69, 9.17) is 19.2 Å². The number of hydrogen-bond donors (Lipinski definition) is 1. The minimum atomic E-state index is -0.698. The molecule has 1 aliphatic carbocycles. The molecule has 0 spiro atoms. The van der Waals surface area contributed by atoms with Crippen LogP contribution in [0.25, 0.3) is 22.5 Å². The van der Waals surface area contributed by atoms with Gasteiger partial charge in [0.05, 0.1) is 25.0 Å². The van der Waals surface area contributed by atoms with Gasteiger partial charge < -0.3 is 14.2 Å². The maximum Gasteiger partial charge on any atom is 0.207 e. The Bertz CT molecular complexity index is 1110. The fourth-order valence-corrected chi connectivity index (χ4v) is 4.99. The Morgan fingerprint density at radius 2 is 2.03 bits per heavy atom. The van der Waals surface area contributed by atoms with E-state index in [1.165, 1.54) is 13.2 Å². The Kier molecular flexibility index (Phi) is 5.60. The molecule has 2 aromatic heterocycles. The van der Waals surface area contributed by atoms with Gasteiger partial charge in [-0.15, -0.1) is 10.2 Å². The van der Waals surface area contributed by atoms with Gasteiger partial charge in [-0.25, -0.2) is 4.39 Å². The van der Waals surface area contributed by atoms with E-state index >= 15 is 0 Å². The number of tetrazole rings is 1. The summed E-state index contributed by atoms with van der Waals surface area (Å²) in [4.78, 5) is 5.16. The lowest BCUT2D eigenvalue weighted by atomic mass is 9.81. The fourth-order valence-electron chi connectivity index (χ4n) is 4.99. The topological polar surface area (TPSA) is 95.0 Å². The van der Waals surface area contributed by atoms with Gasteiger partial charge >= 0.3 is 0 Å². The van der Waals surface area contributed by atoms with Crippen LogP contribution in [-0.4, -0.2) is 53.0 Å². The van der Waals surface area contributed by atoms with Crippen LogP contribution >= 0.6 is 0 Å². The molecule has 2 aliphatic rings. The van der Waals surface area contributed by atoms with Crippen molar-refractivity contribution in [2.75, 3.05) is 27.4 Å². The second kappa shape index (κ2) is 8.55. The molecule has 5 rings (SSSR count). The van der Waals surface area contributed by atoms with Gasteiger partial charge in [0.1, 0.15) is 5.60 Å². The Morgan fingerprint density at radius 3 is 2.75 bits per heavy atom. The highest BCUT2D eigenvalue weighted by atomic mass is 19.1. The Hall–Kier alpha value is -2.91. The first-order valence-corrected chi connectivity index (χ1v) is 10.9. The molecule has 0 radical (unpaired) electrons. The first-order valence-electron chi connectivity index (χ1n) is 10.9. The van der Waals surface area contributed by atoms with Gasteiger partial charge in [-0.1, -0.05) is 6.07 Å². The van der Waals surface area contributed by atoms with Crippen molar-refractivity contribution in [1.82, 2.24) is 25.6 Å². The number of benzene rings is 1. The summed E-state index contributed by atoms with van der Waals surface area (Å²) in [5.41, 5.74) is 4.77. The third-order valence-electron chi connectivity index (χ3n) is 6.40. The average molecular weight is 439 g/mol. The van der Waals surface area contributed by atoms with Gasteiger partial charge in [0.15, 0.2) is 11.6 Å². The summed E-state index contributed by atoms with van der Waals surface area (Å²) in [6.07, 6.45) is 5.58. The third kappa shape index (κ3) is 3.45. The summed E-state index contributed by atoms with van der Waals surface area (Å²) in [7, 11) is 3.14. The van der Waals surface area contributed by atoms with Crippen LogP contribution in [0.1, 0.15) is 42.6 Å². The number of nitrogens with zero attached hydrogens (tertiary/aromatic N) is 4. The van der Waals surface area contributed by atoms with Crippen molar-refractivity contribution in [2.24, 2.45) is 0 Å². The molecular weight excluding hydrogens is 413 g/mol. The van der Waals surface area contributed by atoms with Crippen molar-refractivity contribution in [3.05, 3.63) is 41.0 Å². The monoisotopic (exact) mass is 439 g/mol. The smallest absolute Gasteiger partial charge is 0.207 e. The number of nitrogens with one attached hydrogen (secondary N) is 1. The summed E-state index contributed by atoms with van der Waals surface area (Å²) in [5, 5.41) is 15.0. The Balaban J connectivity index is 1.86. The van der Waals surface area contributed by atoms with E-state index in [-0.39, 0.29) is 5.75 Å². The van der Waals surface area contributed by atoms with Gasteiger partial charge in [-0.2, -0.15) is 5.21 Å². The SMILES string of the molecule is COCC1(c2nc3c(c(-c4ccc(F)c(OC)c4)c2-c2nn[nH]n2)CCCC3)CCCO1. The minimum Gasteiger partial charge on any atom is -0.494 e. The highest BCUT2D eigenvalue weighted by Crippen LogP contribution is 2.47. The van der Waals surface area contributed by atoms with Crippen molar-refractivity contribution < 1.29 is 18.6 Å². The van der Waals surface area contributed by atoms with E-state index in [9.17, 15) is 4.39 Å². The summed E-state index contributed by atoms with van der Waals surface area (Å²) in [6.45, 7) is 1.00. The highest BCUT2D eigenvalue weighted by molar-refractivity contribution is 5.86. The molecule has 3 heterocycles. The Labute approximate surface area is 185 Å². The number of hydrogen-bond acceptors (Lipinski definition) is 7. The maximum absolute atomic E-state index is 14.3. The van der Waals surface area contributed by atoms with E-state index in [0.29, 0.717) is 19.0 Å². The van der Waals surface area contributed by atoms with E-state index in [2.05, 4.69) is 20.6 Å². The molecule has 32 heavy (non-hydrogen) atoms. The first kappa shape index (κ1) is 21.0. The molecular formula is C23H26FN5O3. The fraction of sp³-hybridized carbons (Fsp3) is 0.478. The van der Waals surface area contributed by atoms with Crippen LogP contribution in [0.4, 0.5) is 4.39 Å². The number of aryl methyl sites for hydroxylation is 1.